The number of aryl methyl sites for hydroxylation is 2. The maximum atomic E-state index is 13.4. The lowest BCUT2D eigenvalue weighted by molar-refractivity contribution is -0.131. The Hall–Kier alpha value is -4.90. The highest BCUT2D eigenvalue weighted by Crippen LogP contribution is 2.22. The molecule has 45 heavy (non-hydrogen) atoms. The molecule has 3 atom stereocenters. The number of alkyl carbamates (subject to hydrolysis) is 1. The second-order valence-electron chi connectivity index (χ2n) is 11.1. The van der Waals surface area contributed by atoms with Gasteiger partial charge in [0.1, 0.15) is 24.4 Å². The summed E-state index contributed by atoms with van der Waals surface area (Å²) in [5.74, 6) is -1.68. The Morgan fingerprint density at radius 3 is 1.98 bits per heavy atom. The van der Waals surface area contributed by atoms with Gasteiger partial charge in [-0.1, -0.05) is 60.7 Å². The Morgan fingerprint density at radius 1 is 0.800 bits per heavy atom. The summed E-state index contributed by atoms with van der Waals surface area (Å²) in [7, 11) is 0. The molecule has 0 radical (unpaired) electrons. The van der Waals surface area contributed by atoms with Gasteiger partial charge in [-0.3, -0.25) is 14.4 Å². The van der Waals surface area contributed by atoms with Crippen molar-refractivity contribution < 1.29 is 29.0 Å². The largest absolute Gasteiger partial charge is 0.508 e. The number of phenolic OH excluding ortho intramolecular Hbond substituents is 1. The molecular weight excluding hydrogens is 574 g/mol. The van der Waals surface area contributed by atoms with Crippen molar-refractivity contribution in [3.05, 3.63) is 101 Å². The van der Waals surface area contributed by atoms with Crippen LogP contribution in [0.1, 0.15) is 47.1 Å². The number of nitrogens with one attached hydrogen (secondary N) is 3. The lowest BCUT2D eigenvalue weighted by atomic mass is 9.95. The van der Waals surface area contributed by atoms with Gasteiger partial charge in [-0.05, 0) is 79.5 Å². The van der Waals surface area contributed by atoms with E-state index in [4.69, 9.17) is 16.2 Å². The maximum Gasteiger partial charge on any atom is 0.407 e. The summed E-state index contributed by atoms with van der Waals surface area (Å²) >= 11 is 0. The molecule has 0 saturated carbocycles. The minimum absolute atomic E-state index is 0.127. The fourth-order valence-electron chi connectivity index (χ4n) is 4.94. The average molecular weight is 618 g/mol. The first-order valence-corrected chi connectivity index (χ1v) is 15.0. The molecule has 0 fully saturated rings. The summed E-state index contributed by atoms with van der Waals surface area (Å²) in [6.45, 7) is 4.09. The Balaban J connectivity index is 1.60. The zero-order valence-electron chi connectivity index (χ0n) is 25.8. The minimum atomic E-state index is -1.01. The number of benzene rings is 3. The van der Waals surface area contributed by atoms with Crippen LogP contribution in [0.2, 0.25) is 0 Å². The highest BCUT2D eigenvalue weighted by molar-refractivity contribution is 5.92. The van der Waals surface area contributed by atoms with E-state index in [1.54, 1.807) is 12.1 Å². The number of carbonyl (C=O) groups is 4. The number of rotatable bonds is 16. The molecule has 11 nitrogen and oxygen atoms in total. The highest BCUT2D eigenvalue weighted by atomic mass is 16.5. The molecule has 8 N–H and O–H groups in total. The zero-order valence-corrected chi connectivity index (χ0v) is 25.8. The Morgan fingerprint density at radius 2 is 1.38 bits per heavy atom. The standard InChI is InChI=1S/C34H43N5O6/c1-22-17-26(40)18-23(2)27(22)20-28(35)32(42)38-29(33(43)39-30(31(36)41)19-24-11-5-3-6-12-24)15-9-10-16-37-34(44)45-21-25-13-7-4-8-14-25/h3-8,11-14,17-18,28-30,40H,9-10,15-16,19-21,35H2,1-2H3,(H2,36,41)(H,37,44)(H,38,42)(H,39,43)/t28-,29-,30-/m0/s1. The van der Waals surface area contributed by atoms with Gasteiger partial charge in [0, 0.05) is 13.0 Å². The molecule has 11 heteroatoms. The van der Waals surface area contributed by atoms with Crippen LogP contribution in [0.25, 0.3) is 0 Å². The third-order valence-electron chi connectivity index (χ3n) is 7.42. The van der Waals surface area contributed by atoms with Gasteiger partial charge >= 0.3 is 6.09 Å². The first kappa shape index (κ1) is 34.6. The van der Waals surface area contributed by atoms with Crippen molar-refractivity contribution in [2.45, 2.75) is 70.7 Å². The van der Waals surface area contributed by atoms with Crippen molar-refractivity contribution in [3.8, 4) is 5.75 Å². The summed E-state index contributed by atoms with van der Waals surface area (Å²) < 4.78 is 5.22. The minimum Gasteiger partial charge on any atom is -0.508 e. The molecule has 3 aromatic rings. The van der Waals surface area contributed by atoms with E-state index in [1.807, 2.05) is 74.5 Å². The van der Waals surface area contributed by atoms with Gasteiger partial charge in [0.2, 0.25) is 17.7 Å². The van der Waals surface area contributed by atoms with Gasteiger partial charge in [-0.15, -0.1) is 0 Å². The van der Waals surface area contributed by atoms with Crippen molar-refractivity contribution in [2.75, 3.05) is 6.54 Å². The van der Waals surface area contributed by atoms with Gasteiger partial charge in [0.25, 0.3) is 0 Å². The van der Waals surface area contributed by atoms with E-state index < -0.39 is 41.9 Å². The van der Waals surface area contributed by atoms with Gasteiger partial charge in [0.05, 0.1) is 6.04 Å². The van der Waals surface area contributed by atoms with Crippen molar-refractivity contribution in [3.63, 3.8) is 0 Å². The lowest BCUT2D eigenvalue weighted by Crippen LogP contribution is -2.56. The van der Waals surface area contributed by atoms with Gasteiger partial charge < -0.3 is 37.3 Å². The molecule has 4 amide bonds. The molecule has 0 saturated heterocycles. The average Bonchev–Trinajstić information content (AvgIpc) is 3.01. The topological polar surface area (TPSA) is 186 Å². The number of phenols is 1. The van der Waals surface area contributed by atoms with Crippen LogP contribution in [0.15, 0.2) is 72.8 Å². The molecule has 3 rings (SSSR count). The molecule has 0 aliphatic rings. The van der Waals surface area contributed by atoms with E-state index in [-0.39, 0.29) is 31.6 Å². The van der Waals surface area contributed by atoms with Crippen molar-refractivity contribution >= 4 is 23.8 Å². The molecular formula is C34H43N5O6. The number of primary amides is 1. The van der Waals surface area contributed by atoms with Crippen molar-refractivity contribution in [1.82, 2.24) is 16.0 Å². The van der Waals surface area contributed by atoms with Crippen molar-refractivity contribution in [1.29, 1.82) is 0 Å². The van der Waals surface area contributed by atoms with E-state index in [9.17, 15) is 24.3 Å². The number of ether oxygens (including phenoxy) is 1. The number of aromatic hydroxyl groups is 1. The van der Waals surface area contributed by atoms with Gasteiger partial charge in [0.15, 0.2) is 0 Å². The lowest BCUT2D eigenvalue weighted by Gasteiger charge is -2.24. The van der Waals surface area contributed by atoms with E-state index in [1.165, 1.54) is 0 Å². The number of hydrogen-bond acceptors (Lipinski definition) is 7. The number of hydrogen-bond donors (Lipinski definition) is 6. The molecule has 0 aliphatic heterocycles. The van der Waals surface area contributed by atoms with Crippen LogP contribution in [-0.4, -0.2) is 53.6 Å². The van der Waals surface area contributed by atoms with Crippen LogP contribution in [0.3, 0.4) is 0 Å². The summed E-state index contributed by atoms with van der Waals surface area (Å²) in [5.41, 5.74) is 16.0. The van der Waals surface area contributed by atoms with Crippen LogP contribution in [0, 0.1) is 13.8 Å². The summed E-state index contributed by atoms with van der Waals surface area (Å²) in [6.07, 6.45) is 1.02. The predicted molar refractivity (Wildman–Crippen MR) is 171 cm³/mol. The summed E-state index contributed by atoms with van der Waals surface area (Å²) in [5, 5.41) is 18.0. The number of unbranched alkanes of at least 4 members (excludes halogenated alkanes) is 1. The molecule has 240 valence electrons. The molecule has 0 heterocycles. The number of amides is 4. The first-order chi connectivity index (χ1) is 21.5. The monoisotopic (exact) mass is 617 g/mol. The Kier molecular flexibility index (Phi) is 13.4. The van der Waals surface area contributed by atoms with E-state index in [2.05, 4.69) is 16.0 Å². The predicted octanol–water partition coefficient (Wildman–Crippen LogP) is 2.67. The smallest absolute Gasteiger partial charge is 0.407 e. The SMILES string of the molecule is Cc1cc(O)cc(C)c1C[C@H](N)C(=O)N[C@@H](CCCCNC(=O)OCc1ccccc1)C(=O)N[C@@H](Cc1ccccc1)C(N)=O. The normalized spacial score (nSPS) is 12.8. The molecule has 0 aliphatic carbocycles. The second kappa shape index (κ2) is 17.4. The quantitative estimate of drug-likeness (QED) is 0.133. The Bertz CT molecular complexity index is 1410. The van der Waals surface area contributed by atoms with Gasteiger partial charge in [-0.2, -0.15) is 0 Å². The summed E-state index contributed by atoms with van der Waals surface area (Å²) in [6, 6.07) is 18.7. The zero-order chi connectivity index (χ0) is 32.8. The van der Waals surface area contributed by atoms with Crippen LogP contribution in [0.4, 0.5) is 4.79 Å². The molecule has 0 bridgehead atoms. The van der Waals surface area contributed by atoms with Crippen molar-refractivity contribution in [2.24, 2.45) is 11.5 Å². The maximum absolute atomic E-state index is 13.4. The number of nitrogens with two attached hydrogens (primary N) is 2. The molecule has 0 spiro atoms. The van der Waals surface area contributed by atoms with Crippen LogP contribution in [-0.2, 0) is 38.6 Å². The third-order valence-corrected chi connectivity index (χ3v) is 7.42. The van der Waals surface area contributed by atoms with Gasteiger partial charge in [-0.25, -0.2) is 4.79 Å². The van der Waals surface area contributed by atoms with Crippen LogP contribution in [0.5, 0.6) is 5.75 Å². The van der Waals surface area contributed by atoms with Crippen LogP contribution < -0.4 is 27.4 Å². The Labute approximate surface area is 263 Å². The van der Waals surface area contributed by atoms with E-state index in [0.717, 1.165) is 27.8 Å². The molecule has 0 unspecified atom stereocenters. The fraction of sp³-hybridized carbons (Fsp3) is 0.353. The highest BCUT2D eigenvalue weighted by Gasteiger charge is 2.28. The first-order valence-electron chi connectivity index (χ1n) is 15.0. The second-order valence-corrected chi connectivity index (χ2v) is 11.1. The fourth-order valence-corrected chi connectivity index (χ4v) is 4.94. The van der Waals surface area contributed by atoms with E-state index in [0.29, 0.717) is 19.4 Å². The molecule has 0 aromatic heterocycles. The van der Waals surface area contributed by atoms with E-state index >= 15 is 0 Å². The third kappa shape index (κ3) is 11.6. The summed E-state index contributed by atoms with van der Waals surface area (Å²) in [4.78, 5) is 50.9. The molecule has 3 aromatic carbocycles. The van der Waals surface area contributed by atoms with Crippen LogP contribution >= 0.6 is 0 Å². The number of carbonyl (C=O) groups excluding carboxylic acids is 4.